The zero-order chi connectivity index (χ0) is 15.1. The minimum absolute atomic E-state index is 0.201. The van der Waals surface area contributed by atoms with Gasteiger partial charge in [-0.2, -0.15) is 5.21 Å². The van der Waals surface area contributed by atoms with Crippen molar-refractivity contribution in [1.82, 2.24) is 25.9 Å². The van der Waals surface area contributed by atoms with E-state index in [9.17, 15) is 4.79 Å². The summed E-state index contributed by atoms with van der Waals surface area (Å²) in [6.07, 6.45) is 0. The van der Waals surface area contributed by atoms with Crippen LogP contribution in [0.1, 0.15) is 30.0 Å². The molecule has 0 radical (unpaired) electrons. The largest absolute Gasteiger partial charge is 0.490 e. The number of ether oxygens (including phenoxy) is 2. The van der Waals surface area contributed by atoms with Crippen LogP contribution in [0.2, 0.25) is 0 Å². The van der Waals surface area contributed by atoms with Gasteiger partial charge in [0.15, 0.2) is 17.3 Å². The maximum atomic E-state index is 12.1. The number of hydrogen-bond acceptors (Lipinski definition) is 6. The molecule has 8 heteroatoms. The molecule has 0 spiro atoms. The fourth-order valence-electron chi connectivity index (χ4n) is 1.71. The van der Waals surface area contributed by atoms with E-state index in [0.29, 0.717) is 36.1 Å². The van der Waals surface area contributed by atoms with Crippen molar-refractivity contribution in [3.05, 3.63) is 29.6 Å². The quantitative estimate of drug-likeness (QED) is 0.786. The third-order valence-corrected chi connectivity index (χ3v) is 2.60. The average molecular weight is 291 g/mol. The first-order chi connectivity index (χ1) is 10.2. The Balaban J connectivity index is 2.07. The molecular formula is C13H17N5O3. The van der Waals surface area contributed by atoms with Crippen molar-refractivity contribution >= 4 is 5.91 Å². The van der Waals surface area contributed by atoms with Gasteiger partial charge < -0.3 is 14.8 Å². The van der Waals surface area contributed by atoms with E-state index in [4.69, 9.17) is 9.47 Å². The number of benzene rings is 1. The van der Waals surface area contributed by atoms with Crippen LogP contribution in [0.3, 0.4) is 0 Å². The highest BCUT2D eigenvalue weighted by molar-refractivity contribution is 5.94. The highest BCUT2D eigenvalue weighted by Crippen LogP contribution is 2.28. The lowest BCUT2D eigenvalue weighted by Crippen LogP contribution is -2.23. The zero-order valence-corrected chi connectivity index (χ0v) is 11.9. The average Bonchev–Trinajstić information content (AvgIpc) is 3.00. The molecule has 0 saturated heterocycles. The number of carbonyl (C=O) groups is 1. The van der Waals surface area contributed by atoms with Crippen molar-refractivity contribution in [3.8, 4) is 11.5 Å². The molecule has 1 aromatic heterocycles. The van der Waals surface area contributed by atoms with Gasteiger partial charge in [0.1, 0.15) is 0 Å². The van der Waals surface area contributed by atoms with E-state index in [1.165, 1.54) is 0 Å². The Hall–Kier alpha value is -2.64. The number of aromatic nitrogens is 4. The van der Waals surface area contributed by atoms with Gasteiger partial charge in [-0.25, -0.2) is 0 Å². The summed E-state index contributed by atoms with van der Waals surface area (Å²) >= 11 is 0. The summed E-state index contributed by atoms with van der Waals surface area (Å²) < 4.78 is 10.9. The Morgan fingerprint density at radius 3 is 2.67 bits per heavy atom. The maximum absolute atomic E-state index is 12.1. The van der Waals surface area contributed by atoms with Crippen molar-refractivity contribution in [2.45, 2.75) is 20.4 Å². The third-order valence-electron chi connectivity index (χ3n) is 2.60. The lowest BCUT2D eigenvalue weighted by molar-refractivity contribution is 0.0949. The highest BCUT2D eigenvalue weighted by Gasteiger charge is 2.12. The van der Waals surface area contributed by atoms with E-state index in [1.807, 2.05) is 13.8 Å². The number of carbonyl (C=O) groups excluding carboxylic acids is 1. The minimum atomic E-state index is -0.246. The van der Waals surface area contributed by atoms with Gasteiger partial charge in [0.25, 0.3) is 5.91 Å². The van der Waals surface area contributed by atoms with Crippen LogP contribution in [0.4, 0.5) is 0 Å². The molecule has 2 N–H and O–H groups in total. The SMILES string of the molecule is CCOc1ccc(C(=O)NCc2nn[nH]n2)cc1OCC. The Kier molecular flexibility index (Phi) is 5.08. The summed E-state index contributed by atoms with van der Waals surface area (Å²) in [7, 11) is 0. The Labute approximate surface area is 121 Å². The number of hydrogen-bond donors (Lipinski definition) is 2. The standard InChI is InChI=1S/C13H17N5O3/c1-3-20-10-6-5-9(7-11(10)21-4-2)13(19)14-8-12-15-17-18-16-12/h5-7H,3-4,8H2,1-2H3,(H,14,19)(H,15,16,17,18). The van der Waals surface area contributed by atoms with Crippen LogP contribution in [0.25, 0.3) is 0 Å². The Morgan fingerprint density at radius 1 is 1.24 bits per heavy atom. The molecule has 0 aliphatic rings. The fourth-order valence-corrected chi connectivity index (χ4v) is 1.71. The highest BCUT2D eigenvalue weighted by atomic mass is 16.5. The van der Waals surface area contributed by atoms with Gasteiger partial charge in [0.05, 0.1) is 19.8 Å². The number of tetrazole rings is 1. The van der Waals surface area contributed by atoms with Crippen LogP contribution in [0, 0.1) is 0 Å². The Bertz CT molecular complexity index is 585. The van der Waals surface area contributed by atoms with Crippen LogP contribution in [-0.4, -0.2) is 39.7 Å². The van der Waals surface area contributed by atoms with E-state index in [0.717, 1.165) is 0 Å². The van der Waals surface area contributed by atoms with Gasteiger partial charge in [-0.1, -0.05) is 5.21 Å². The van der Waals surface area contributed by atoms with Crippen LogP contribution >= 0.6 is 0 Å². The first-order valence-electron chi connectivity index (χ1n) is 6.64. The first kappa shape index (κ1) is 14.8. The summed E-state index contributed by atoms with van der Waals surface area (Å²) in [5.41, 5.74) is 0.477. The second-order valence-electron chi connectivity index (χ2n) is 4.04. The fraction of sp³-hybridized carbons (Fsp3) is 0.385. The Morgan fingerprint density at radius 2 is 2.00 bits per heavy atom. The lowest BCUT2D eigenvalue weighted by Gasteiger charge is -2.12. The van der Waals surface area contributed by atoms with Crippen molar-refractivity contribution in [1.29, 1.82) is 0 Å². The van der Waals surface area contributed by atoms with Crippen LogP contribution in [0.5, 0.6) is 11.5 Å². The molecular weight excluding hydrogens is 274 g/mol. The number of nitrogens with one attached hydrogen (secondary N) is 2. The molecule has 0 atom stereocenters. The predicted octanol–water partition coefficient (Wildman–Crippen LogP) is 0.927. The molecule has 0 unspecified atom stereocenters. The van der Waals surface area contributed by atoms with Gasteiger partial charge in [-0.3, -0.25) is 4.79 Å². The van der Waals surface area contributed by atoms with Gasteiger partial charge in [0, 0.05) is 5.56 Å². The van der Waals surface area contributed by atoms with Crippen molar-refractivity contribution in [2.75, 3.05) is 13.2 Å². The molecule has 8 nitrogen and oxygen atoms in total. The van der Waals surface area contributed by atoms with Gasteiger partial charge in [0.2, 0.25) is 0 Å². The van der Waals surface area contributed by atoms with E-state index < -0.39 is 0 Å². The molecule has 1 amide bonds. The monoisotopic (exact) mass is 291 g/mol. The molecule has 112 valence electrons. The van der Waals surface area contributed by atoms with E-state index in [2.05, 4.69) is 25.9 Å². The molecule has 2 aromatic rings. The summed E-state index contributed by atoms with van der Waals surface area (Å²) in [5, 5.41) is 16.0. The molecule has 21 heavy (non-hydrogen) atoms. The zero-order valence-electron chi connectivity index (χ0n) is 11.9. The number of H-pyrrole nitrogens is 1. The number of rotatable bonds is 7. The molecule has 0 bridgehead atoms. The molecule has 0 aliphatic heterocycles. The number of amides is 1. The van der Waals surface area contributed by atoms with E-state index in [1.54, 1.807) is 18.2 Å². The van der Waals surface area contributed by atoms with E-state index >= 15 is 0 Å². The molecule has 1 heterocycles. The van der Waals surface area contributed by atoms with Gasteiger partial charge in [-0.15, -0.1) is 10.2 Å². The summed E-state index contributed by atoms with van der Waals surface area (Å²) in [5.74, 6) is 1.34. The molecule has 0 saturated carbocycles. The summed E-state index contributed by atoms with van der Waals surface area (Å²) in [4.78, 5) is 12.1. The van der Waals surface area contributed by atoms with Crippen LogP contribution in [0.15, 0.2) is 18.2 Å². The smallest absolute Gasteiger partial charge is 0.251 e. The third kappa shape index (κ3) is 3.91. The second-order valence-corrected chi connectivity index (χ2v) is 4.04. The summed E-state index contributed by atoms with van der Waals surface area (Å²) in [6, 6.07) is 5.05. The second kappa shape index (κ2) is 7.22. The molecule has 0 aliphatic carbocycles. The van der Waals surface area contributed by atoms with Crippen molar-refractivity contribution in [2.24, 2.45) is 0 Å². The summed E-state index contributed by atoms with van der Waals surface area (Å²) in [6.45, 7) is 4.99. The predicted molar refractivity (Wildman–Crippen MR) is 74.1 cm³/mol. The van der Waals surface area contributed by atoms with Crippen LogP contribution < -0.4 is 14.8 Å². The molecule has 1 aromatic carbocycles. The van der Waals surface area contributed by atoms with Crippen LogP contribution in [-0.2, 0) is 6.54 Å². The maximum Gasteiger partial charge on any atom is 0.251 e. The lowest BCUT2D eigenvalue weighted by atomic mass is 10.2. The molecule has 0 fully saturated rings. The van der Waals surface area contributed by atoms with Gasteiger partial charge >= 0.3 is 0 Å². The van der Waals surface area contributed by atoms with E-state index in [-0.39, 0.29) is 12.5 Å². The number of aromatic amines is 1. The topological polar surface area (TPSA) is 102 Å². The molecule has 2 rings (SSSR count). The van der Waals surface area contributed by atoms with Gasteiger partial charge in [-0.05, 0) is 32.0 Å². The normalized spacial score (nSPS) is 10.2. The number of nitrogens with zero attached hydrogens (tertiary/aromatic N) is 3. The first-order valence-corrected chi connectivity index (χ1v) is 6.64. The van der Waals surface area contributed by atoms with Crippen molar-refractivity contribution in [3.63, 3.8) is 0 Å². The minimum Gasteiger partial charge on any atom is -0.490 e. The van der Waals surface area contributed by atoms with Crippen molar-refractivity contribution < 1.29 is 14.3 Å².